The van der Waals surface area contributed by atoms with E-state index in [-0.39, 0.29) is 12.2 Å². The van der Waals surface area contributed by atoms with Crippen LogP contribution in [0.25, 0.3) is 6.08 Å². The predicted octanol–water partition coefficient (Wildman–Crippen LogP) is 4.46. The number of hydrogen-bond donors (Lipinski definition) is 1. The van der Waals surface area contributed by atoms with Crippen LogP contribution in [0.5, 0.6) is 11.5 Å². The van der Waals surface area contributed by atoms with Crippen LogP contribution in [0.1, 0.15) is 30.9 Å². The maximum absolute atomic E-state index is 12.0. The van der Waals surface area contributed by atoms with Gasteiger partial charge in [-0.15, -0.1) is 0 Å². The zero-order chi connectivity index (χ0) is 21.9. The molecule has 1 amide bonds. The van der Waals surface area contributed by atoms with E-state index in [1.165, 1.54) is 6.08 Å². The van der Waals surface area contributed by atoms with E-state index in [0.717, 1.165) is 18.4 Å². The summed E-state index contributed by atoms with van der Waals surface area (Å²) in [6.07, 6.45) is 3.29. The summed E-state index contributed by atoms with van der Waals surface area (Å²) in [5.41, 5.74) is 1.48. The standard InChI is InChI=1S/C23H23ClN2O4/c1-3-4-11-26-23(28)18(14-25)13-17-5-8-20(9-6-17)30-22(27)15-29-21-10-7-19(24)12-16(21)2/h5-10,12-13H,3-4,11,15H2,1-2H3,(H,26,28)/b18-13+. The predicted molar refractivity (Wildman–Crippen MR) is 115 cm³/mol. The number of nitrogens with one attached hydrogen (secondary N) is 1. The Hall–Kier alpha value is -3.30. The quantitative estimate of drug-likeness (QED) is 0.210. The zero-order valence-corrected chi connectivity index (χ0v) is 17.7. The van der Waals surface area contributed by atoms with Crippen molar-refractivity contribution in [1.29, 1.82) is 5.26 Å². The first-order valence-corrected chi connectivity index (χ1v) is 9.90. The number of nitrogens with zero attached hydrogens (tertiary/aromatic N) is 1. The second-order valence-electron chi connectivity index (χ2n) is 6.52. The highest BCUT2D eigenvalue weighted by molar-refractivity contribution is 6.30. The third-order valence-corrected chi connectivity index (χ3v) is 4.32. The molecule has 0 aliphatic heterocycles. The van der Waals surface area contributed by atoms with Crippen LogP contribution in [0.3, 0.4) is 0 Å². The number of hydrogen-bond acceptors (Lipinski definition) is 5. The second-order valence-corrected chi connectivity index (χ2v) is 6.96. The highest BCUT2D eigenvalue weighted by Gasteiger charge is 2.10. The summed E-state index contributed by atoms with van der Waals surface area (Å²) in [7, 11) is 0. The Morgan fingerprint density at radius 2 is 1.93 bits per heavy atom. The van der Waals surface area contributed by atoms with Gasteiger partial charge in [0.15, 0.2) is 6.61 Å². The van der Waals surface area contributed by atoms with Crippen LogP contribution < -0.4 is 14.8 Å². The number of halogens is 1. The van der Waals surface area contributed by atoms with Crippen molar-refractivity contribution in [1.82, 2.24) is 5.32 Å². The SMILES string of the molecule is CCCCNC(=O)/C(C#N)=C/c1ccc(OC(=O)COc2ccc(Cl)cc2C)cc1. The van der Waals surface area contributed by atoms with Crippen LogP contribution in [0, 0.1) is 18.3 Å². The van der Waals surface area contributed by atoms with Crippen molar-refractivity contribution in [3.05, 3.63) is 64.2 Å². The zero-order valence-electron chi connectivity index (χ0n) is 16.9. The summed E-state index contributed by atoms with van der Waals surface area (Å²) in [4.78, 5) is 24.0. The first-order valence-electron chi connectivity index (χ1n) is 9.52. The van der Waals surface area contributed by atoms with Gasteiger partial charge in [0.25, 0.3) is 5.91 Å². The van der Waals surface area contributed by atoms with Gasteiger partial charge in [0, 0.05) is 11.6 Å². The molecule has 0 fully saturated rings. The molecule has 2 rings (SSSR count). The van der Waals surface area contributed by atoms with Crippen molar-refractivity contribution < 1.29 is 19.1 Å². The number of unbranched alkanes of at least 4 members (excludes halogenated alkanes) is 1. The van der Waals surface area contributed by atoms with E-state index in [0.29, 0.717) is 28.6 Å². The third-order valence-electron chi connectivity index (χ3n) is 4.09. The van der Waals surface area contributed by atoms with Gasteiger partial charge in [-0.2, -0.15) is 5.26 Å². The molecule has 0 aliphatic rings. The molecular formula is C23H23ClN2O4. The topological polar surface area (TPSA) is 88.4 Å². The van der Waals surface area contributed by atoms with E-state index in [1.807, 2.05) is 19.9 Å². The fourth-order valence-electron chi connectivity index (χ4n) is 2.49. The van der Waals surface area contributed by atoms with Crippen molar-refractivity contribution in [2.75, 3.05) is 13.2 Å². The van der Waals surface area contributed by atoms with E-state index >= 15 is 0 Å². The largest absolute Gasteiger partial charge is 0.482 e. The van der Waals surface area contributed by atoms with Crippen molar-refractivity contribution >= 4 is 29.6 Å². The van der Waals surface area contributed by atoms with Crippen LogP contribution in [0.4, 0.5) is 0 Å². The van der Waals surface area contributed by atoms with Gasteiger partial charge in [-0.1, -0.05) is 37.1 Å². The summed E-state index contributed by atoms with van der Waals surface area (Å²) in [5.74, 6) is -0.0747. The molecule has 0 spiro atoms. The minimum atomic E-state index is -0.555. The number of carbonyl (C=O) groups excluding carboxylic acids is 2. The molecule has 0 radical (unpaired) electrons. The number of esters is 1. The second kappa shape index (κ2) is 11.6. The Kier molecular flexibility index (Phi) is 8.92. The number of carbonyl (C=O) groups is 2. The monoisotopic (exact) mass is 426 g/mol. The van der Waals surface area contributed by atoms with Crippen molar-refractivity contribution in [2.45, 2.75) is 26.7 Å². The molecule has 6 nitrogen and oxygen atoms in total. The average molecular weight is 427 g/mol. The smallest absolute Gasteiger partial charge is 0.349 e. The lowest BCUT2D eigenvalue weighted by atomic mass is 10.1. The molecular weight excluding hydrogens is 404 g/mol. The Labute approximate surface area is 181 Å². The van der Waals surface area contributed by atoms with Crippen LogP contribution in [0.15, 0.2) is 48.0 Å². The average Bonchev–Trinajstić information content (AvgIpc) is 2.72. The molecule has 0 bridgehead atoms. The lowest BCUT2D eigenvalue weighted by molar-refractivity contribution is -0.136. The molecule has 0 saturated carbocycles. The summed E-state index contributed by atoms with van der Waals surface area (Å²) in [6.45, 7) is 4.13. The number of ether oxygens (including phenoxy) is 2. The van der Waals surface area contributed by atoms with E-state index < -0.39 is 11.9 Å². The number of benzene rings is 2. The first-order chi connectivity index (χ1) is 14.4. The van der Waals surface area contributed by atoms with Gasteiger partial charge in [0.2, 0.25) is 0 Å². The number of nitriles is 1. The Morgan fingerprint density at radius 1 is 1.20 bits per heavy atom. The Bertz CT molecular complexity index is 962. The highest BCUT2D eigenvalue weighted by Crippen LogP contribution is 2.22. The van der Waals surface area contributed by atoms with Crippen molar-refractivity contribution in [2.24, 2.45) is 0 Å². The molecule has 0 heterocycles. The molecule has 30 heavy (non-hydrogen) atoms. The maximum atomic E-state index is 12.0. The minimum Gasteiger partial charge on any atom is -0.482 e. The lowest BCUT2D eigenvalue weighted by Crippen LogP contribution is -2.25. The van der Waals surface area contributed by atoms with Gasteiger partial charge in [0.1, 0.15) is 23.1 Å². The lowest BCUT2D eigenvalue weighted by Gasteiger charge is -2.09. The van der Waals surface area contributed by atoms with Crippen LogP contribution in [-0.2, 0) is 9.59 Å². The molecule has 0 unspecified atom stereocenters. The molecule has 0 atom stereocenters. The van der Waals surface area contributed by atoms with Gasteiger partial charge in [-0.3, -0.25) is 4.79 Å². The summed E-state index contributed by atoms with van der Waals surface area (Å²) >= 11 is 5.89. The van der Waals surface area contributed by atoms with Crippen molar-refractivity contribution in [3.63, 3.8) is 0 Å². The van der Waals surface area contributed by atoms with E-state index in [9.17, 15) is 14.9 Å². The fourth-order valence-corrected chi connectivity index (χ4v) is 2.72. The summed E-state index contributed by atoms with van der Waals surface area (Å²) in [6, 6.07) is 13.5. The fraction of sp³-hybridized carbons (Fsp3) is 0.261. The molecule has 0 saturated heterocycles. The third kappa shape index (κ3) is 7.26. The maximum Gasteiger partial charge on any atom is 0.349 e. The van der Waals surface area contributed by atoms with Gasteiger partial charge in [-0.05, 0) is 60.9 Å². The highest BCUT2D eigenvalue weighted by atomic mass is 35.5. The van der Waals surface area contributed by atoms with Gasteiger partial charge >= 0.3 is 5.97 Å². The van der Waals surface area contributed by atoms with Gasteiger partial charge in [-0.25, -0.2) is 4.79 Å². The van der Waals surface area contributed by atoms with E-state index in [2.05, 4.69) is 5.32 Å². The van der Waals surface area contributed by atoms with Crippen LogP contribution in [0.2, 0.25) is 5.02 Å². The summed E-state index contributed by atoms with van der Waals surface area (Å²) < 4.78 is 10.7. The number of aryl methyl sites for hydroxylation is 1. The van der Waals surface area contributed by atoms with E-state index in [1.54, 1.807) is 42.5 Å². The van der Waals surface area contributed by atoms with Crippen molar-refractivity contribution in [3.8, 4) is 17.6 Å². The number of amides is 1. The first kappa shape index (κ1) is 23.0. The van der Waals surface area contributed by atoms with Crippen LogP contribution in [-0.4, -0.2) is 25.0 Å². The van der Waals surface area contributed by atoms with E-state index in [4.69, 9.17) is 21.1 Å². The number of rotatable bonds is 9. The Balaban J connectivity index is 1.92. The van der Waals surface area contributed by atoms with Gasteiger partial charge in [0.05, 0.1) is 0 Å². The minimum absolute atomic E-state index is 0.0163. The molecule has 1 N–H and O–H groups in total. The van der Waals surface area contributed by atoms with Crippen LogP contribution >= 0.6 is 11.6 Å². The summed E-state index contributed by atoms with van der Waals surface area (Å²) in [5, 5.41) is 12.5. The molecule has 2 aromatic carbocycles. The molecule has 156 valence electrons. The molecule has 7 heteroatoms. The normalized spacial score (nSPS) is 10.8. The van der Waals surface area contributed by atoms with Gasteiger partial charge < -0.3 is 14.8 Å². The molecule has 0 aliphatic carbocycles. The molecule has 2 aromatic rings. The molecule has 0 aromatic heterocycles. The Morgan fingerprint density at radius 3 is 2.57 bits per heavy atom.